The fourth-order valence-corrected chi connectivity index (χ4v) is 3.39. The first kappa shape index (κ1) is 15.9. The lowest BCUT2D eigenvalue weighted by Gasteiger charge is -2.10. The maximum absolute atomic E-state index is 12.8. The number of hydrogen-bond acceptors (Lipinski definition) is 2. The smallest absolute Gasteiger partial charge is 0.241 e. The minimum Gasteiger partial charge on any atom is -0.241 e. The van der Waals surface area contributed by atoms with E-state index in [9.17, 15) is 13.2 Å². The van der Waals surface area contributed by atoms with Gasteiger partial charge in [0.1, 0.15) is 5.03 Å². The van der Waals surface area contributed by atoms with Gasteiger partial charge in [0.25, 0.3) is 0 Å². The van der Waals surface area contributed by atoms with Gasteiger partial charge < -0.3 is 0 Å². The normalized spacial score (nSPS) is 11.9. The Labute approximate surface area is 136 Å². The van der Waals surface area contributed by atoms with Crippen molar-refractivity contribution in [2.75, 3.05) is 0 Å². The molecule has 3 aromatic rings. The molecule has 0 N–H and O–H groups in total. The molecule has 5 heteroatoms. The van der Waals surface area contributed by atoms with Crippen LogP contribution in [0.5, 0.6) is 0 Å². The lowest BCUT2D eigenvalue weighted by atomic mass is 10.1. The van der Waals surface area contributed by atoms with Gasteiger partial charge >= 0.3 is 6.18 Å². The first-order chi connectivity index (χ1) is 10.8. The molecule has 0 saturated heterocycles. The average Bonchev–Trinajstić information content (AvgIpc) is 2.48. The number of benzene rings is 2. The maximum atomic E-state index is 12.8. The molecule has 0 atom stereocenters. The van der Waals surface area contributed by atoms with E-state index in [1.807, 2.05) is 38.1 Å². The fraction of sp³-hybridized carbons (Fsp3) is 0.167. The number of fused-ring (bicyclic) bond motifs is 1. The van der Waals surface area contributed by atoms with Gasteiger partial charge in [-0.15, -0.1) is 0 Å². The molecular formula is C18H14F3NS. The van der Waals surface area contributed by atoms with Gasteiger partial charge in [0, 0.05) is 10.3 Å². The van der Waals surface area contributed by atoms with Gasteiger partial charge in [0.05, 0.1) is 11.1 Å². The molecule has 118 valence electrons. The maximum Gasteiger partial charge on any atom is 0.416 e. The largest absolute Gasteiger partial charge is 0.416 e. The van der Waals surface area contributed by atoms with Crippen molar-refractivity contribution >= 4 is 22.7 Å². The minimum absolute atomic E-state index is 0.527. The van der Waals surface area contributed by atoms with Gasteiger partial charge in [-0.3, -0.25) is 0 Å². The van der Waals surface area contributed by atoms with Crippen LogP contribution in [-0.4, -0.2) is 4.98 Å². The molecule has 0 radical (unpaired) electrons. The predicted molar refractivity (Wildman–Crippen MR) is 86.8 cm³/mol. The number of halogens is 3. The van der Waals surface area contributed by atoms with Gasteiger partial charge in [-0.2, -0.15) is 13.2 Å². The highest BCUT2D eigenvalue weighted by Gasteiger charge is 2.30. The Hall–Kier alpha value is -2.01. The molecule has 3 rings (SSSR count). The molecule has 0 bridgehead atoms. The van der Waals surface area contributed by atoms with E-state index in [0.29, 0.717) is 9.92 Å². The summed E-state index contributed by atoms with van der Waals surface area (Å²) in [6, 6.07) is 13.2. The second kappa shape index (κ2) is 5.89. The molecule has 0 unspecified atom stereocenters. The molecular weight excluding hydrogens is 319 g/mol. The van der Waals surface area contributed by atoms with E-state index in [1.54, 1.807) is 6.07 Å². The van der Waals surface area contributed by atoms with Crippen molar-refractivity contribution in [1.82, 2.24) is 4.98 Å². The number of aromatic nitrogens is 1. The third-order valence-corrected chi connectivity index (χ3v) is 4.52. The monoisotopic (exact) mass is 333 g/mol. The van der Waals surface area contributed by atoms with Gasteiger partial charge in [-0.25, -0.2) is 4.98 Å². The highest BCUT2D eigenvalue weighted by Crippen LogP contribution is 2.35. The van der Waals surface area contributed by atoms with E-state index in [2.05, 4.69) is 4.98 Å². The van der Waals surface area contributed by atoms with Gasteiger partial charge in [0.2, 0.25) is 0 Å². The first-order valence-corrected chi connectivity index (χ1v) is 7.88. The van der Waals surface area contributed by atoms with Gasteiger partial charge in [-0.1, -0.05) is 36.0 Å². The number of rotatable bonds is 2. The van der Waals surface area contributed by atoms with Crippen molar-refractivity contribution in [3.63, 3.8) is 0 Å². The number of alkyl halides is 3. The van der Waals surface area contributed by atoms with E-state index in [0.717, 1.165) is 34.2 Å². The second-order valence-electron chi connectivity index (χ2n) is 5.38. The molecule has 1 heterocycles. The number of pyridine rings is 1. The molecule has 0 spiro atoms. The fourth-order valence-electron chi connectivity index (χ4n) is 2.44. The standard InChI is InChI=1S/C18H14F3NS/c1-11-5-3-8-15-12(2)9-16(22-17(11)15)23-14-7-4-6-13(10-14)18(19,20)21/h3-10H,1-2H3. The van der Waals surface area contributed by atoms with Crippen LogP contribution in [0, 0.1) is 13.8 Å². The molecule has 2 aromatic carbocycles. The zero-order chi connectivity index (χ0) is 16.6. The highest BCUT2D eigenvalue weighted by molar-refractivity contribution is 7.99. The number of para-hydroxylation sites is 1. The third kappa shape index (κ3) is 3.34. The Balaban J connectivity index is 2.01. The van der Waals surface area contributed by atoms with Crippen LogP contribution in [0.4, 0.5) is 13.2 Å². The van der Waals surface area contributed by atoms with Crippen molar-refractivity contribution in [2.24, 2.45) is 0 Å². The zero-order valence-electron chi connectivity index (χ0n) is 12.6. The van der Waals surface area contributed by atoms with E-state index in [4.69, 9.17) is 0 Å². The van der Waals surface area contributed by atoms with Crippen molar-refractivity contribution in [2.45, 2.75) is 29.9 Å². The summed E-state index contributed by atoms with van der Waals surface area (Å²) in [4.78, 5) is 5.13. The molecule has 0 aliphatic heterocycles. The quantitative estimate of drug-likeness (QED) is 0.568. The number of nitrogens with zero attached hydrogens (tertiary/aromatic N) is 1. The number of aryl methyl sites for hydroxylation is 2. The summed E-state index contributed by atoms with van der Waals surface area (Å²) in [5.74, 6) is 0. The Kier molecular flexibility index (Phi) is 4.06. The Morgan fingerprint density at radius 2 is 1.65 bits per heavy atom. The van der Waals surface area contributed by atoms with E-state index in [-0.39, 0.29) is 0 Å². The zero-order valence-corrected chi connectivity index (χ0v) is 13.4. The molecule has 23 heavy (non-hydrogen) atoms. The summed E-state index contributed by atoms with van der Waals surface area (Å²) < 4.78 is 38.4. The predicted octanol–water partition coefficient (Wildman–Crippen LogP) is 6.02. The van der Waals surface area contributed by atoms with Crippen LogP contribution in [-0.2, 0) is 6.18 Å². The van der Waals surface area contributed by atoms with E-state index >= 15 is 0 Å². The molecule has 0 aliphatic carbocycles. The molecule has 1 nitrogen and oxygen atoms in total. The first-order valence-electron chi connectivity index (χ1n) is 7.07. The van der Waals surface area contributed by atoms with Crippen LogP contribution in [0.1, 0.15) is 16.7 Å². The summed E-state index contributed by atoms with van der Waals surface area (Å²) >= 11 is 1.24. The molecule has 0 amide bonds. The summed E-state index contributed by atoms with van der Waals surface area (Å²) in [7, 11) is 0. The Bertz CT molecular complexity index is 872. The van der Waals surface area contributed by atoms with Crippen LogP contribution in [0.3, 0.4) is 0 Å². The summed E-state index contributed by atoms with van der Waals surface area (Å²) in [5.41, 5.74) is 2.36. The Morgan fingerprint density at radius 1 is 0.913 bits per heavy atom. The molecule has 0 saturated carbocycles. The second-order valence-corrected chi connectivity index (χ2v) is 6.47. The van der Waals surface area contributed by atoms with Crippen LogP contribution in [0.25, 0.3) is 10.9 Å². The molecule has 1 aromatic heterocycles. The van der Waals surface area contributed by atoms with Crippen molar-refractivity contribution in [3.05, 3.63) is 65.2 Å². The van der Waals surface area contributed by atoms with E-state index < -0.39 is 11.7 Å². The van der Waals surface area contributed by atoms with Crippen molar-refractivity contribution in [1.29, 1.82) is 0 Å². The topological polar surface area (TPSA) is 12.9 Å². The van der Waals surface area contributed by atoms with Crippen molar-refractivity contribution in [3.8, 4) is 0 Å². The summed E-state index contributed by atoms with van der Waals surface area (Å²) in [5, 5.41) is 1.77. The summed E-state index contributed by atoms with van der Waals surface area (Å²) in [6.07, 6.45) is -4.33. The third-order valence-electron chi connectivity index (χ3n) is 3.61. The Morgan fingerprint density at radius 3 is 2.39 bits per heavy atom. The lowest BCUT2D eigenvalue weighted by Crippen LogP contribution is -2.04. The van der Waals surface area contributed by atoms with Crippen LogP contribution >= 0.6 is 11.8 Å². The molecule has 0 fully saturated rings. The molecule has 0 aliphatic rings. The lowest BCUT2D eigenvalue weighted by molar-refractivity contribution is -0.137. The van der Waals surface area contributed by atoms with Crippen LogP contribution in [0.2, 0.25) is 0 Å². The number of hydrogen-bond donors (Lipinski definition) is 0. The minimum atomic E-state index is -4.33. The van der Waals surface area contributed by atoms with E-state index in [1.165, 1.54) is 17.8 Å². The highest BCUT2D eigenvalue weighted by atomic mass is 32.2. The average molecular weight is 333 g/mol. The van der Waals surface area contributed by atoms with Crippen molar-refractivity contribution < 1.29 is 13.2 Å². The SMILES string of the molecule is Cc1cc(Sc2cccc(C(F)(F)F)c2)nc2c(C)cccc12. The van der Waals surface area contributed by atoms with Gasteiger partial charge in [0.15, 0.2) is 0 Å². The van der Waals surface area contributed by atoms with Crippen LogP contribution < -0.4 is 0 Å². The summed E-state index contributed by atoms with van der Waals surface area (Å²) in [6.45, 7) is 3.97. The van der Waals surface area contributed by atoms with Gasteiger partial charge in [-0.05, 0) is 49.2 Å². The van der Waals surface area contributed by atoms with Crippen LogP contribution in [0.15, 0.2) is 58.5 Å².